The number of carbonyl (C=O) groups is 1. The maximum Gasteiger partial charge on any atom is 0.387 e. The Morgan fingerprint density at radius 3 is 2.14 bits per heavy atom. The Labute approximate surface area is 134 Å². The molecule has 4 nitrogen and oxygen atoms in total. The van der Waals surface area contributed by atoms with Crippen molar-refractivity contribution in [2.75, 3.05) is 0 Å². The average molecular weight is 327 g/mol. The fourth-order valence-electron chi connectivity index (χ4n) is 2.30. The van der Waals surface area contributed by atoms with Crippen LogP contribution < -0.4 is 4.68 Å². The molecule has 0 aliphatic heterocycles. The highest BCUT2D eigenvalue weighted by Gasteiger charge is 2.35. The van der Waals surface area contributed by atoms with Crippen LogP contribution in [0.25, 0.3) is 5.69 Å². The SMILES string of the molecule is CC(=O)c1nc(C)n(-c2cc(Cl)cc(Cl)c2)[n+]1C(C)(C)C. The molecule has 0 bridgehead atoms. The number of Topliss-reactive ketones (excluding diaryl/α,β-unsaturated/α-hetero) is 1. The summed E-state index contributed by atoms with van der Waals surface area (Å²) in [7, 11) is 0. The topological polar surface area (TPSA) is 38.8 Å². The number of ketones is 1. The van der Waals surface area contributed by atoms with Gasteiger partial charge in [0.25, 0.3) is 5.82 Å². The van der Waals surface area contributed by atoms with Gasteiger partial charge in [0.1, 0.15) is 5.54 Å². The first-order valence-corrected chi connectivity index (χ1v) is 7.36. The number of nitrogens with zero attached hydrogens (tertiary/aromatic N) is 3. The van der Waals surface area contributed by atoms with Crippen LogP contribution in [0.2, 0.25) is 10.0 Å². The number of halogens is 2. The van der Waals surface area contributed by atoms with Crippen LogP contribution in [-0.2, 0) is 5.54 Å². The molecule has 0 saturated carbocycles. The van der Waals surface area contributed by atoms with Crippen LogP contribution in [0, 0.1) is 6.92 Å². The van der Waals surface area contributed by atoms with Crippen LogP contribution in [0.15, 0.2) is 18.2 Å². The Hall–Kier alpha value is -1.39. The summed E-state index contributed by atoms with van der Waals surface area (Å²) in [4.78, 5) is 16.3. The van der Waals surface area contributed by atoms with Crippen molar-refractivity contribution in [1.29, 1.82) is 0 Å². The minimum atomic E-state index is -0.322. The molecule has 0 spiro atoms. The van der Waals surface area contributed by atoms with Crippen LogP contribution in [0.4, 0.5) is 0 Å². The molecule has 2 rings (SSSR count). The normalized spacial score (nSPS) is 11.8. The van der Waals surface area contributed by atoms with E-state index >= 15 is 0 Å². The van der Waals surface area contributed by atoms with Gasteiger partial charge < -0.3 is 0 Å². The molecule has 0 unspecified atom stereocenters. The predicted octanol–water partition coefficient (Wildman–Crippen LogP) is 3.73. The van der Waals surface area contributed by atoms with Gasteiger partial charge in [0.15, 0.2) is 0 Å². The Balaban J connectivity index is 2.82. The lowest BCUT2D eigenvalue weighted by atomic mass is 10.1. The first kappa shape index (κ1) is 16.0. The number of hydrogen-bond donors (Lipinski definition) is 0. The highest BCUT2D eigenvalue weighted by molar-refractivity contribution is 6.34. The first-order valence-electron chi connectivity index (χ1n) is 6.61. The van der Waals surface area contributed by atoms with Gasteiger partial charge in [0.05, 0.1) is 5.69 Å². The van der Waals surface area contributed by atoms with Crippen LogP contribution in [0.3, 0.4) is 0 Å². The largest absolute Gasteiger partial charge is 0.387 e. The maximum absolute atomic E-state index is 11.9. The van der Waals surface area contributed by atoms with Crippen LogP contribution in [0.5, 0.6) is 0 Å². The maximum atomic E-state index is 11.9. The number of rotatable bonds is 2. The van der Waals surface area contributed by atoms with Gasteiger partial charge in [-0.1, -0.05) is 23.2 Å². The summed E-state index contributed by atoms with van der Waals surface area (Å²) >= 11 is 12.2. The summed E-state index contributed by atoms with van der Waals surface area (Å²) in [5, 5.41) is 1.07. The third-order valence-electron chi connectivity index (χ3n) is 3.02. The molecule has 1 heterocycles. The third kappa shape index (κ3) is 3.11. The second-order valence-corrected chi connectivity index (χ2v) is 6.83. The molecule has 6 heteroatoms. The van der Waals surface area contributed by atoms with Gasteiger partial charge in [-0.2, -0.15) is 0 Å². The lowest BCUT2D eigenvalue weighted by Gasteiger charge is -2.19. The fourth-order valence-corrected chi connectivity index (χ4v) is 2.81. The molecule has 1 aromatic heterocycles. The highest BCUT2D eigenvalue weighted by Crippen LogP contribution is 2.23. The molecule has 0 saturated heterocycles. The zero-order valence-electron chi connectivity index (χ0n) is 12.7. The van der Waals surface area contributed by atoms with E-state index < -0.39 is 0 Å². The number of aromatic nitrogens is 3. The first-order chi connectivity index (χ1) is 9.61. The van der Waals surface area contributed by atoms with Crippen molar-refractivity contribution in [3.63, 3.8) is 0 Å². The molecule has 0 aliphatic rings. The quantitative estimate of drug-likeness (QED) is 0.623. The van der Waals surface area contributed by atoms with Gasteiger partial charge in [-0.3, -0.25) is 4.79 Å². The summed E-state index contributed by atoms with van der Waals surface area (Å²) in [5.41, 5.74) is 0.455. The van der Waals surface area contributed by atoms with Gasteiger partial charge in [-0.25, -0.2) is 0 Å². The van der Waals surface area contributed by atoms with Gasteiger partial charge in [0.2, 0.25) is 5.78 Å². The Morgan fingerprint density at radius 2 is 1.71 bits per heavy atom. The smallest absolute Gasteiger partial charge is 0.286 e. The van der Waals surface area contributed by atoms with Gasteiger partial charge in [-0.05, 0) is 44.0 Å². The van der Waals surface area contributed by atoms with Crippen molar-refractivity contribution in [2.24, 2.45) is 0 Å². The van der Waals surface area contributed by atoms with E-state index in [2.05, 4.69) is 4.98 Å². The molecular formula is C15H18Cl2N3O+. The number of carbonyl (C=O) groups excluding carboxylic acids is 1. The van der Waals surface area contributed by atoms with E-state index in [1.165, 1.54) is 6.92 Å². The van der Waals surface area contributed by atoms with Crippen molar-refractivity contribution in [3.8, 4) is 5.69 Å². The summed E-state index contributed by atoms with van der Waals surface area (Å²) < 4.78 is 3.74. The molecule has 0 radical (unpaired) electrons. The highest BCUT2D eigenvalue weighted by atomic mass is 35.5. The van der Waals surface area contributed by atoms with E-state index in [1.807, 2.05) is 37.1 Å². The average Bonchev–Trinajstić information content (AvgIpc) is 2.65. The summed E-state index contributed by atoms with van der Waals surface area (Å²) in [5.74, 6) is 1.03. The van der Waals surface area contributed by atoms with E-state index in [4.69, 9.17) is 23.2 Å². The van der Waals surface area contributed by atoms with Gasteiger partial charge in [0, 0.05) is 23.9 Å². The molecular weight excluding hydrogens is 309 g/mol. The second kappa shape index (κ2) is 5.43. The monoisotopic (exact) mass is 326 g/mol. The van der Waals surface area contributed by atoms with Crippen molar-refractivity contribution in [1.82, 2.24) is 9.67 Å². The lowest BCUT2D eigenvalue weighted by Crippen LogP contribution is -2.59. The standard InChI is InChI=1S/C15H18Cl2N3O/c1-9(21)14-18-10(2)19(20(14)15(3,4)5)13-7-11(16)6-12(17)8-13/h6-8H,1-5H3/q+1. The zero-order valence-corrected chi connectivity index (χ0v) is 14.2. The van der Waals surface area contributed by atoms with Crippen LogP contribution in [-0.4, -0.2) is 15.4 Å². The molecule has 0 amide bonds. The van der Waals surface area contributed by atoms with E-state index in [9.17, 15) is 4.79 Å². The van der Waals surface area contributed by atoms with Gasteiger partial charge in [-0.15, -0.1) is 9.36 Å². The van der Waals surface area contributed by atoms with Gasteiger partial charge >= 0.3 is 5.82 Å². The molecule has 0 fully saturated rings. The molecule has 2 aromatic rings. The summed E-state index contributed by atoms with van der Waals surface area (Å²) in [6.07, 6.45) is 0. The number of aryl methyl sites for hydroxylation is 1. The third-order valence-corrected chi connectivity index (χ3v) is 3.45. The lowest BCUT2D eigenvalue weighted by molar-refractivity contribution is -0.820. The van der Waals surface area contributed by atoms with E-state index in [1.54, 1.807) is 18.2 Å². The molecule has 0 atom stereocenters. The minimum absolute atomic E-state index is 0.0834. The molecule has 21 heavy (non-hydrogen) atoms. The van der Waals surface area contributed by atoms with Crippen LogP contribution >= 0.6 is 23.2 Å². The zero-order chi connectivity index (χ0) is 15.9. The number of benzene rings is 1. The fraction of sp³-hybridized carbons (Fsp3) is 0.400. The number of hydrogen-bond acceptors (Lipinski definition) is 2. The molecule has 112 valence electrons. The Bertz CT molecular complexity index is 694. The van der Waals surface area contributed by atoms with Crippen molar-refractivity contribution >= 4 is 29.0 Å². The van der Waals surface area contributed by atoms with Crippen LogP contribution in [0.1, 0.15) is 44.1 Å². The second-order valence-electron chi connectivity index (χ2n) is 5.96. The molecule has 1 aromatic carbocycles. The molecule has 0 aliphatic carbocycles. The van der Waals surface area contributed by atoms with E-state index in [0.717, 1.165) is 5.69 Å². The van der Waals surface area contributed by atoms with E-state index in [0.29, 0.717) is 21.7 Å². The van der Waals surface area contributed by atoms with Crippen molar-refractivity contribution < 1.29 is 9.48 Å². The predicted molar refractivity (Wildman–Crippen MR) is 83.5 cm³/mol. The summed E-state index contributed by atoms with van der Waals surface area (Å²) in [6.45, 7) is 9.42. The summed E-state index contributed by atoms with van der Waals surface area (Å²) in [6, 6.07) is 5.27. The minimum Gasteiger partial charge on any atom is -0.286 e. The van der Waals surface area contributed by atoms with Crippen molar-refractivity contribution in [2.45, 2.75) is 40.2 Å². The van der Waals surface area contributed by atoms with Crippen molar-refractivity contribution in [3.05, 3.63) is 39.9 Å². The molecule has 0 N–H and O–H groups in total. The Morgan fingerprint density at radius 1 is 1.19 bits per heavy atom. The Kier molecular flexibility index (Phi) is 4.13. The van der Waals surface area contributed by atoms with E-state index in [-0.39, 0.29) is 11.3 Å².